The number of hydrogen-bond donors (Lipinski definition) is 0. The predicted octanol–water partition coefficient (Wildman–Crippen LogP) is -1.26. The first-order chi connectivity index (χ1) is 3.27. The zero-order chi connectivity index (χ0) is 5.70. The van der Waals surface area contributed by atoms with Gasteiger partial charge in [0.25, 0.3) is 0 Å². The Morgan fingerprint density at radius 2 is 2.12 bits per heavy atom. The molecule has 0 unspecified atom stereocenters. The molecule has 0 fully saturated rings. The van der Waals surface area contributed by atoms with Gasteiger partial charge in [0.05, 0.1) is 0 Å². The van der Waals surface area contributed by atoms with Gasteiger partial charge in [0.2, 0.25) is 0 Å². The Bertz CT molecular complexity index is 57.0. The van der Waals surface area contributed by atoms with Gasteiger partial charge in [0.15, 0.2) is 0 Å². The molecule has 8 heavy (non-hydrogen) atoms. The van der Waals surface area contributed by atoms with Crippen molar-refractivity contribution in [3.63, 3.8) is 0 Å². The molecule has 0 radical (unpaired) electrons. The van der Waals surface area contributed by atoms with Crippen molar-refractivity contribution >= 4 is 6.29 Å². The molecule has 0 aliphatic carbocycles. The van der Waals surface area contributed by atoms with Gasteiger partial charge < -0.3 is 6.22 Å². The second-order valence-electron chi connectivity index (χ2n) is 2.14. The topological polar surface area (TPSA) is 17.1 Å². The molecule has 0 spiro atoms. The zero-order valence-corrected chi connectivity index (χ0v) is 7.98. The Kier molecular flexibility index (Phi) is 11.0. The molecule has 0 amide bonds. The zero-order valence-electron chi connectivity index (χ0n) is 6.98. The third-order valence-electron chi connectivity index (χ3n) is 0.862. The Morgan fingerprint density at radius 1 is 1.62 bits per heavy atom. The Morgan fingerprint density at radius 3 is 2.25 bits per heavy atom. The first kappa shape index (κ1) is 11.5. The van der Waals surface area contributed by atoms with Crippen LogP contribution in [0.5, 0.6) is 0 Å². The van der Waals surface area contributed by atoms with E-state index in [2.05, 4.69) is 13.8 Å². The van der Waals surface area contributed by atoms with Crippen LogP contribution in [0.25, 0.3) is 0 Å². The molecule has 0 aromatic heterocycles. The van der Waals surface area contributed by atoms with Crippen molar-refractivity contribution in [1.82, 2.24) is 0 Å². The van der Waals surface area contributed by atoms with Gasteiger partial charge in [-0.25, -0.2) is 0 Å². The summed E-state index contributed by atoms with van der Waals surface area (Å²) >= 11 is 0. The molecule has 0 saturated heterocycles. The number of carbonyl (C=O) groups excluding carboxylic acids is 1. The van der Waals surface area contributed by atoms with E-state index >= 15 is 0 Å². The summed E-state index contributed by atoms with van der Waals surface area (Å²) in [5, 5.41) is 0. The largest absolute Gasteiger partial charge is 1.00 e. The minimum atomic E-state index is 0. The van der Waals surface area contributed by atoms with E-state index in [1.54, 1.807) is 0 Å². The summed E-state index contributed by atoms with van der Waals surface area (Å²) in [6.07, 6.45) is 2.72. The average molecular weight is 124 g/mol. The molecular formula is C6H13NaO. The van der Waals surface area contributed by atoms with Crippen LogP contribution in [0.1, 0.15) is 28.1 Å². The average Bonchev–Trinajstić information content (AvgIpc) is 1.61. The smallest absolute Gasteiger partial charge is 1.00 e. The maximum absolute atomic E-state index is 9.71. The molecule has 0 N–H and O–H groups in total. The van der Waals surface area contributed by atoms with E-state index in [-0.39, 0.29) is 31.0 Å². The summed E-state index contributed by atoms with van der Waals surface area (Å²) in [6.45, 7) is 4.23. The maximum Gasteiger partial charge on any atom is 1.00 e. The van der Waals surface area contributed by atoms with Gasteiger partial charge in [-0.2, -0.15) is 0 Å². The molecule has 0 aliphatic rings. The van der Waals surface area contributed by atoms with Crippen LogP contribution in [0.15, 0.2) is 0 Å². The van der Waals surface area contributed by atoms with Crippen LogP contribution in [-0.2, 0) is 4.79 Å². The van der Waals surface area contributed by atoms with Crippen molar-refractivity contribution < 1.29 is 35.8 Å². The third kappa shape index (κ3) is 9.83. The van der Waals surface area contributed by atoms with Crippen molar-refractivity contribution in [2.24, 2.45) is 5.92 Å². The normalized spacial score (nSPS) is 8.38. The Hall–Kier alpha value is 0.670. The van der Waals surface area contributed by atoms with Crippen molar-refractivity contribution in [2.45, 2.75) is 26.7 Å². The minimum absolute atomic E-state index is 0. The van der Waals surface area contributed by atoms with Crippen LogP contribution in [0, 0.1) is 5.92 Å². The van der Waals surface area contributed by atoms with Crippen molar-refractivity contribution in [1.29, 1.82) is 0 Å². The molecular weight excluding hydrogens is 111 g/mol. The molecule has 0 atom stereocenters. The number of rotatable bonds is 3. The molecule has 0 aromatic rings. The fraction of sp³-hybridized carbons (Fsp3) is 0.833. The van der Waals surface area contributed by atoms with Crippen molar-refractivity contribution in [3.05, 3.63) is 0 Å². The predicted molar refractivity (Wildman–Crippen MR) is 31.2 cm³/mol. The van der Waals surface area contributed by atoms with E-state index < -0.39 is 0 Å². The second kappa shape index (κ2) is 7.67. The number of hydrogen-bond acceptors (Lipinski definition) is 1. The Balaban J connectivity index is -0.000000180. The van der Waals surface area contributed by atoms with E-state index in [1.165, 1.54) is 0 Å². The molecule has 0 aromatic carbocycles. The number of aldehydes is 1. The van der Waals surface area contributed by atoms with Crippen LogP contribution in [-0.4, -0.2) is 6.29 Å². The van der Waals surface area contributed by atoms with Crippen LogP contribution < -0.4 is 29.6 Å². The summed E-state index contributed by atoms with van der Waals surface area (Å²) in [7, 11) is 0. The van der Waals surface area contributed by atoms with Crippen LogP contribution in [0.2, 0.25) is 0 Å². The fourth-order valence-electron chi connectivity index (χ4n) is 0.401. The number of carbonyl (C=O) groups is 1. The van der Waals surface area contributed by atoms with Gasteiger partial charge in [-0.3, -0.25) is 0 Å². The molecule has 0 heterocycles. The van der Waals surface area contributed by atoms with Crippen molar-refractivity contribution in [2.75, 3.05) is 0 Å². The SMILES string of the molecule is CC(C)CCC=O.[H-].[Na+]. The monoisotopic (exact) mass is 124 g/mol. The molecule has 0 rings (SSSR count). The van der Waals surface area contributed by atoms with Gasteiger partial charge >= 0.3 is 29.6 Å². The minimum Gasteiger partial charge on any atom is -1.00 e. The summed E-state index contributed by atoms with van der Waals surface area (Å²) in [4.78, 5) is 9.71. The second-order valence-corrected chi connectivity index (χ2v) is 2.14. The van der Waals surface area contributed by atoms with E-state index in [0.29, 0.717) is 5.92 Å². The van der Waals surface area contributed by atoms with Gasteiger partial charge in [0, 0.05) is 6.42 Å². The summed E-state index contributed by atoms with van der Waals surface area (Å²) in [5.74, 6) is 0.671. The van der Waals surface area contributed by atoms with E-state index in [0.717, 1.165) is 19.1 Å². The van der Waals surface area contributed by atoms with Crippen LogP contribution in [0.4, 0.5) is 0 Å². The van der Waals surface area contributed by atoms with Crippen LogP contribution >= 0.6 is 0 Å². The van der Waals surface area contributed by atoms with E-state index in [4.69, 9.17) is 0 Å². The summed E-state index contributed by atoms with van der Waals surface area (Å²) in [6, 6.07) is 0. The van der Waals surface area contributed by atoms with Gasteiger partial charge in [-0.15, -0.1) is 0 Å². The van der Waals surface area contributed by atoms with Crippen LogP contribution in [0.3, 0.4) is 0 Å². The van der Waals surface area contributed by atoms with E-state index in [9.17, 15) is 4.79 Å². The standard InChI is InChI=1S/C6H12O.Na.H/c1-6(2)4-3-5-7;;/h5-6H,3-4H2,1-2H3;;/q;+1;-1. The third-order valence-corrected chi connectivity index (χ3v) is 0.862. The molecule has 0 bridgehead atoms. The first-order valence-electron chi connectivity index (χ1n) is 2.71. The van der Waals surface area contributed by atoms with Crippen molar-refractivity contribution in [3.8, 4) is 0 Å². The van der Waals surface area contributed by atoms with Gasteiger partial charge in [-0.1, -0.05) is 13.8 Å². The van der Waals surface area contributed by atoms with E-state index in [1.807, 2.05) is 0 Å². The summed E-state index contributed by atoms with van der Waals surface area (Å²) < 4.78 is 0. The van der Waals surface area contributed by atoms with Gasteiger partial charge in [0.1, 0.15) is 6.29 Å². The molecule has 0 aliphatic heterocycles. The summed E-state index contributed by atoms with van der Waals surface area (Å²) in [5.41, 5.74) is 0. The van der Waals surface area contributed by atoms with Gasteiger partial charge in [-0.05, 0) is 12.3 Å². The molecule has 2 heteroatoms. The molecule has 1 nitrogen and oxygen atoms in total. The quantitative estimate of drug-likeness (QED) is 0.339. The Labute approximate surface area is 74.6 Å². The maximum atomic E-state index is 9.71. The molecule has 44 valence electrons. The fourth-order valence-corrected chi connectivity index (χ4v) is 0.401. The first-order valence-corrected chi connectivity index (χ1v) is 2.71. The molecule has 0 saturated carbocycles.